The molecule has 0 radical (unpaired) electrons. The van der Waals surface area contributed by atoms with Gasteiger partial charge in [0.1, 0.15) is 5.69 Å². The molecule has 0 aliphatic rings. The van der Waals surface area contributed by atoms with Gasteiger partial charge in [-0.3, -0.25) is 4.55 Å². The third-order valence-corrected chi connectivity index (χ3v) is 3.75. The Kier molecular flexibility index (Phi) is 4.82. The Balaban J connectivity index is 2.34. The zero-order valence-corrected chi connectivity index (χ0v) is 13.1. The van der Waals surface area contributed by atoms with Crippen LogP contribution in [0.4, 0.5) is 11.4 Å². The van der Waals surface area contributed by atoms with Gasteiger partial charge in [-0.05, 0) is 36.4 Å². The monoisotopic (exact) mass is 338 g/mol. The number of nitrogens with zero attached hydrogens (tertiary/aromatic N) is 2. The molecular formula is C14H14N2O6S. The fraction of sp³-hybridized carbons (Fsp3) is 0.143. The smallest absolute Gasteiger partial charge is 0.294 e. The number of hydrogen-bond donors (Lipinski definition) is 2. The molecule has 0 amide bonds. The Labute approximate surface area is 132 Å². The number of ether oxygens (including phenoxy) is 2. The third-order valence-electron chi connectivity index (χ3n) is 2.89. The lowest BCUT2D eigenvalue weighted by molar-refractivity contribution is 0.334. The minimum absolute atomic E-state index is 0.0965. The summed E-state index contributed by atoms with van der Waals surface area (Å²) < 4.78 is 41.0. The topological polar surface area (TPSA) is 118 Å². The molecule has 0 saturated carbocycles. The van der Waals surface area contributed by atoms with Gasteiger partial charge in [-0.15, -0.1) is 5.11 Å². The Morgan fingerprint density at radius 2 is 1.52 bits per heavy atom. The van der Waals surface area contributed by atoms with Crippen LogP contribution in [0.15, 0.2) is 51.5 Å². The minimum Gasteiger partial charge on any atom is -0.504 e. The van der Waals surface area contributed by atoms with Crippen LogP contribution in [0.25, 0.3) is 0 Å². The summed E-state index contributed by atoms with van der Waals surface area (Å²) in [7, 11) is -1.47. The molecule has 0 bridgehead atoms. The lowest BCUT2D eigenvalue weighted by Crippen LogP contribution is -1.96. The summed E-state index contributed by atoms with van der Waals surface area (Å²) in [6, 6.07) is 8.06. The summed E-state index contributed by atoms with van der Waals surface area (Å²) in [5.74, 6) is 0.247. The van der Waals surface area contributed by atoms with E-state index < -0.39 is 10.1 Å². The average molecular weight is 338 g/mol. The van der Waals surface area contributed by atoms with Gasteiger partial charge in [-0.25, -0.2) is 0 Å². The summed E-state index contributed by atoms with van der Waals surface area (Å²) in [4.78, 5) is -0.236. The maximum atomic E-state index is 11.0. The summed E-state index contributed by atoms with van der Waals surface area (Å²) in [5, 5.41) is 17.6. The molecule has 0 aliphatic carbocycles. The number of rotatable bonds is 5. The van der Waals surface area contributed by atoms with Crippen molar-refractivity contribution in [3.63, 3.8) is 0 Å². The van der Waals surface area contributed by atoms with E-state index in [9.17, 15) is 13.5 Å². The van der Waals surface area contributed by atoms with Gasteiger partial charge in [0.15, 0.2) is 11.5 Å². The average Bonchev–Trinajstić information content (AvgIpc) is 2.52. The van der Waals surface area contributed by atoms with Crippen LogP contribution in [0.3, 0.4) is 0 Å². The number of benzene rings is 2. The predicted molar refractivity (Wildman–Crippen MR) is 81.6 cm³/mol. The first kappa shape index (κ1) is 16.7. The van der Waals surface area contributed by atoms with Crippen molar-refractivity contribution >= 4 is 21.5 Å². The Morgan fingerprint density at radius 3 is 2.04 bits per heavy atom. The standard InChI is InChI=1S/C14H14N2O6S/c1-21-13-11(7-8-12(17)14(13)22-2)16-15-9-3-5-10(6-4-9)23(18,19)20/h3-8,17H,1-2H3,(H,18,19,20). The third kappa shape index (κ3) is 3.76. The van der Waals surface area contributed by atoms with Gasteiger partial charge in [-0.2, -0.15) is 13.5 Å². The zero-order chi connectivity index (χ0) is 17.0. The molecule has 0 spiro atoms. The van der Waals surface area contributed by atoms with E-state index in [-0.39, 0.29) is 22.1 Å². The Morgan fingerprint density at radius 1 is 0.913 bits per heavy atom. The van der Waals surface area contributed by atoms with Crippen molar-refractivity contribution in [2.24, 2.45) is 10.2 Å². The summed E-state index contributed by atoms with van der Waals surface area (Å²) in [6.45, 7) is 0. The molecular weight excluding hydrogens is 324 g/mol. The van der Waals surface area contributed by atoms with Gasteiger partial charge in [0.25, 0.3) is 10.1 Å². The number of azo groups is 1. The number of methoxy groups -OCH3 is 2. The van der Waals surface area contributed by atoms with Crippen molar-refractivity contribution < 1.29 is 27.6 Å². The highest BCUT2D eigenvalue weighted by atomic mass is 32.2. The zero-order valence-electron chi connectivity index (χ0n) is 12.3. The SMILES string of the molecule is COc1c(O)ccc(N=Nc2ccc(S(=O)(=O)O)cc2)c1OC. The van der Waals surface area contributed by atoms with E-state index in [4.69, 9.17) is 14.0 Å². The van der Waals surface area contributed by atoms with Crippen molar-refractivity contribution in [1.29, 1.82) is 0 Å². The van der Waals surface area contributed by atoms with Gasteiger partial charge in [0.05, 0.1) is 24.8 Å². The van der Waals surface area contributed by atoms with Gasteiger partial charge in [0, 0.05) is 0 Å². The number of hydrogen-bond acceptors (Lipinski definition) is 7. The molecule has 0 heterocycles. The predicted octanol–water partition coefficient (Wildman–Crippen LogP) is 3.07. The van der Waals surface area contributed by atoms with Crippen molar-refractivity contribution in [2.75, 3.05) is 14.2 Å². The van der Waals surface area contributed by atoms with E-state index in [1.807, 2.05) is 0 Å². The molecule has 2 aromatic carbocycles. The molecule has 8 nitrogen and oxygen atoms in total. The largest absolute Gasteiger partial charge is 0.504 e. The molecule has 0 atom stereocenters. The molecule has 2 N–H and O–H groups in total. The van der Waals surface area contributed by atoms with Crippen LogP contribution in [0.2, 0.25) is 0 Å². The fourth-order valence-corrected chi connectivity index (χ4v) is 2.29. The van der Waals surface area contributed by atoms with Crippen LogP contribution in [-0.4, -0.2) is 32.3 Å². The molecule has 0 unspecified atom stereocenters. The molecule has 2 aromatic rings. The molecule has 23 heavy (non-hydrogen) atoms. The molecule has 122 valence electrons. The van der Waals surface area contributed by atoms with E-state index in [0.29, 0.717) is 11.4 Å². The van der Waals surface area contributed by atoms with Crippen molar-refractivity contribution in [2.45, 2.75) is 4.90 Å². The lowest BCUT2D eigenvalue weighted by atomic mass is 10.2. The first-order chi connectivity index (χ1) is 10.9. The van der Waals surface area contributed by atoms with Crippen molar-refractivity contribution in [1.82, 2.24) is 0 Å². The number of aromatic hydroxyl groups is 1. The lowest BCUT2D eigenvalue weighted by Gasteiger charge is -2.10. The summed E-state index contributed by atoms with van der Waals surface area (Å²) in [5.41, 5.74) is 0.688. The highest BCUT2D eigenvalue weighted by molar-refractivity contribution is 7.85. The molecule has 2 rings (SSSR count). The maximum absolute atomic E-state index is 11.0. The van der Waals surface area contributed by atoms with Crippen LogP contribution in [0.5, 0.6) is 17.2 Å². The molecule has 0 aliphatic heterocycles. The Hall–Kier alpha value is -2.65. The first-order valence-electron chi connectivity index (χ1n) is 6.30. The van der Waals surface area contributed by atoms with Crippen LogP contribution in [0.1, 0.15) is 0 Å². The normalized spacial score (nSPS) is 11.6. The van der Waals surface area contributed by atoms with Gasteiger partial charge < -0.3 is 14.6 Å². The second kappa shape index (κ2) is 6.63. The number of phenols is 1. The van der Waals surface area contributed by atoms with Crippen LogP contribution >= 0.6 is 0 Å². The van der Waals surface area contributed by atoms with E-state index in [1.54, 1.807) is 0 Å². The second-order valence-corrected chi connectivity index (χ2v) is 5.76. The van der Waals surface area contributed by atoms with E-state index in [0.717, 1.165) is 0 Å². The van der Waals surface area contributed by atoms with Crippen LogP contribution in [-0.2, 0) is 10.1 Å². The van der Waals surface area contributed by atoms with Crippen molar-refractivity contribution in [3.05, 3.63) is 36.4 Å². The second-order valence-electron chi connectivity index (χ2n) is 4.34. The molecule has 0 fully saturated rings. The van der Waals surface area contributed by atoms with E-state index in [1.165, 1.54) is 50.6 Å². The molecule has 9 heteroatoms. The van der Waals surface area contributed by atoms with Crippen LogP contribution in [0, 0.1) is 0 Å². The van der Waals surface area contributed by atoms with Gasteiger partial charge in [-0.1, -0.05) is 0 Å². The number of phenolic OH excluding ortho intramolecular Hbond substituents is 1. The highest BCUT2D eigenvalue weighted by Gasteiger charge is 2.14. The Bertz CT molecular complexity index is 831. The van der Waals surface area contributed by atoms with Gasteiger partial charge >= 0.3 is 0 Å². The van der Waals surface area contributed by atoms with E-state index >= 15 is 0 Å². The minimum atomic E-state index is -4.25. The molecule has 0 aromatic heterocycles. The maximum Gasteiger partial charge on any atom is 0.294 e. The summed E-state index contributed by atoms with van der Waals surface area (Å²) >= 11 is 0. The first-order valence-corrected chi connectivity index (χ1v) is 7.74. The quantitative estimate of drug-likeness (QED) is 0.639. The molecule has 0 saturated heterocycles. The van der Waals surface area contributed by atoms with Gasteiger partial charge in [0.2, 0.25) is 5.75 Å². The van der Waals surface area contributed by atoms with Crippen molar-refractivity contribution in [3.8, 4) is 17.2 Å². The highest BCUT2D eigenvalue weighted by Crippen LogP contribution is 2.43. The fourth-order valence-electron chi connectivity index (χ4n) is 1.81. The van der Waals surface area contributed by atoms with E-state index in [2.05, 4.69) is 10.2 Å². The van der Waals surface area contributed by atoms with Crippen LogP contribution < -0.4 is 9.47 Å². The summed E-state index contributed by atoms with van der Waals surface area (Å²) in [6.07, 6.45) is 0.